The molecule has 2 aromatic rings. The van der Waals surface area contributed by atoms with Crippen molar-refractivity contribution in [2.75, 3.05) is 7.11 Å². The van der Waals surface area contributed by atoms with Gasteiger partial charge in [0.05, 0.1) is 18.5 Å². The van der Waals surface area contributed by atoms with Crippen LogP contribution in [0.2, 0.25) is 0 Å². The lowest BCUT2D eigenvalue weighted by Gasteiger charge is -2.06. The van der Waals surface area contributed by atoms with Crippen LogP contribution in [0.15, 0.2) is 24.3 Å². The van der Waals surface area contributed by atoms with Gasteiger partial charge in [0.1, 0.15) is 5.75 Å². The van der Waals surface area contributed by atoms with Gasteiger partial charge in [-0.25, -0.2) is 9.48 Å². The summed E-state index contributed by atoms with van der Waals surface area (Å²) >= 11 is 0. The molecule has 0 bridgehead atoms. The third kappa shape index (κ3) is 2.39. The normalized spacial score (nSPS) is 10.8. The Labute approximate surface area is 117 Å². The molecule has 1 aromatic carbocycles. The van der Waals surface area contributed by atoms with Crippen molar-refractivity contribution in [1.82, 2.24) is 9.78 Å². The number of rotatable bonds is 4. The Bertz CT molecular complexity index is 627. The molecule has 106 valence electrons. The van der Waals surface area contributed by atoms with Crippen molar-refractivity contribution in [1.29, 1.82) is 0 Å². The highest BCUT2D eigenvalue weighted by atomic mass is 16.5. The molecular formula is C15H18N2O3. The Morgan fingerprint density at radius 1 is 1.30 bits per heavy atom. The van der Waals surface area contributed by atoms with E-state index in [0.29, 0.717) is 11.3 Å². The molecule has 0 amide bonds. The molecule has 1 heterocycles. The number of ether oxygens (including phenoxy) is 1. The average molecular weight is 274 g/mol. The number of hydrogen-bond donors (Lipinski definition) is 1. The largest absolute Gasteiger partial charge is 0.497 e. The van der Waals surface area contributed by atoms with Gasteiger partial charge in [-0.2, -0.15) is 5.10 Å². The van der Waals surface area contributed by atoms with Gasteiger partial charge < -0.3 is 9.84 Å². The van der Waals surface area contributed by atoms with E-state index in [1.54, 1.807) is 38.3 Å². The molecule has 2 rings (SSSR count). The molecule has 0 atom stereocenters. The summed E-state index contributed by atoms with van der Waals surface area (Å²) in [4.78, 5) is 11.5. The van der Waals surface area contributed by atoms with Crippen LogP contribution in [-0.4, -0.2) is 28.0 Å². The van der Waals surface area contributed by atoms with Gasteiger partial charge in [-0.15, -0.1) is 0 Å². The van der Waals surface area contributed by atoms with Gasteiger partial charge in [0.25, 0.3) is 0 Å². The number of aromatic nitrogens is 2. The Kier molecular flexibility index (Phi) is 3.79. The summed E-state index contributed by atoms with van der Waals surface area (Å²) in [5.74, 6) is -0.0797. The fraction of sp³-hybridized carbons (Fsp3) is 0.333. The van der Waals surface area contributed by atoms with Gasteiger partial charge in [-0.05, 0) is 37.1 Å². The third-order valence-electron chi connectivity index (χ3n) is 3.23. The van der Waals surface area contributed by atoms with E-state index < -0.39 is 5.97 Å². The van der Waals surface area contributed by atoms with Gasteiger partial charge in [0.2, 0.25) is 0 Å². The van der Waals surface area contributed by atoms with E-state index in [0.717, 1.165) is 11.4 Å². The van der Waals surface area contributed by atoms with E-state index in [2.05, 4.69) is 5.10 Å². The van der Waals surface area contributed by atoms with Crippen LogP contribution in [0.4, 0.5) is 0 Å². The van der Waals surface area contributed by atoms with Gasteiger partial charge in [-0.1, -0.05) is 13.8 Å². The van der Waals surface area contributed by atoms with E-state index in [4.69, 9.17) is 4.74 Å². The quantitative estimate of drug-likeness (QED) is 0.930. The smallest absolute Gasteiger partial charge is 0.354 e. The van der Waals surface area contributed by atoms with Crippen molar-refractivity contribution in [3.05, 3.63) is 41.2 Å². The van der Waals surface area contributed by atoms with Crippen LogP contribution in [-0.2, 0) is 0 Å². The summed E-state index contributed by atoms with van der Waals surface area (Å²) in [6.45, 7) is 5.80. The maximum atomic E-state index is 11.5. The summed E-state index contributed by atoms with van der Waals surface area (Å²) in [5.41, 5.74) is 2.43. The standard InChI is InChI=1S/C15H18N2O3/c1-9(2)13-10(3)14(15(18)19)17(16-13)11-5-7-12(20-4)8-6-11/h5-9H,1-4H3,(H,18,19). The first-order valence-electron chi connectivity index (χ1n) is 6.43. The molecule has 5 nitrogen and oxygen atoms in total. The fourth-order valence-electron chi connectivity index (χ4n) is 2.22. The number of carboxylic acids is 1. The van der Waals surface area contributed by atoms with Crippen LogP contribution in [0.3, 0.4) is 0 Å². The highest BCUT2D eigenvalue weighted by molar-refractivity contribution is 5.88. The van der Waals surface area contributed by atoms with Gasteiger partial charge in [0, 0.05) is 5.56 Å². The number of carbonyl (C=O) groups is 1. The second-order valence-electron chi connectivity index (χ2n) is 4.93. The molecule has 0 saturated carbocycles. The highest BCUT2D eigenvalue weighted by Crippen LogP contribution is 2.24. The molecule has 0 fully saturated rings. The van der Waals surface area contributed by atoms with E-state index in [-0.39, 0.29) is 11.6 Å². The summed E-state index contributed by atoms with van der Waals surface area (Å²) < 4.78 is 6.58. The summed E-state index contributed by atoms with van der Waals surface area (Å²) in [7, 11) is 1.59. The SMILES string of the molecule is COc1ccc(-n2nc(C(C)C)c(C)c2C(=O)O)cc1. The van der Waals surface area contributed by atoms with Gasteiger partial charge >= 0.3 is 5.97 Å². The molecule has 0 radical (unpaired) electrons. The predicted octanol–water partition coefficient (Wildman–Crippen LogP) is 3.01. The van der Waals surface area contributed by atoms with Crippen molar-refractivity contribution >= 4 is 5.97 Å². The van der Waals surface area contributed by atoms with Crippen LogP contribution in [0.25, 0.3) is 5.69 Å². The minimum atomic E-state index is -0.974. The Hall–Kier alpha value is -2.30. The fourth-order valence-corrected chi connectivity index (χ4v) is 2.22. The number of aromatic carboxylic acids is 1. The number of methoxy groups -OCH3 is 1. The lowest BCUT2D eigenvalue weighted by Crippen LogP contribution is -2.09. The molecular weight excluding hydrogens is 256 g/mol. The van der Waals surface area contributed by atoms with Crippen LogP contribution < -0.4 is 4.74 Å². The minimum absolute atomic E-state index is 0.174. The molecule has 0 unspecified atom stereocenters. The number of nitrogens with zero attached hydrogens (tertiary/aromatic N) is 2. The Morgan fingerprint density at radius 3 is 2.35 bits per heavy atom. The first-order valence-corrected chi connectivity index (χ1v) is 6.43. The Morgan fingerprint density at radius 2 is 1.90 bits per heavy atom. The second-order valence-corrected chi connectivity index (χ2v) is 4.93. The molecule has 0 aliphatic rings. The molecule has 1 aromatic heterocycles. The van der Waals surface area contributed by atoms with E-state index in [1.165, 1.54) is 4.68 Å². The third-order valence-corrected chi connectivity index (χ3v) is 3.23. The number of hydrogen-bond acceptors (Lipinski definition) is 3. The van der Waals surface area contributed by atoms with Gasteiger partial charge in [-0.3, -0.25) is 0 Å². The van der Waals surface area contributed by atoms with Crippen molar-refractivity contribution in [3.8, 4) is 11.4 Å². The predicted molar refractivity (Wildman–Crippen MR) is 75.9 cm³/mol. The zero-order valence-corrected chi connectivity index (χ0v) is 12.0. The highest BCUT2D eigenvalue weighted by Gasteiger charge is 2.22. The molecule has 20 heavy (non-hydrogen) atoms. The monoisotopic (exact) mass is 274 g/mol. The topological polar surface area (TPSA) is 64.4 Å². The summed E-state index contributed by atoms with van der Waals surface area (Å²) in [6.07, 6.45) is 0. The van der Waals surface area contributed by atoms with Crippen molar-refractivity contribution in [3.63, 3.8) is 0 Å². The zero-order chi connectivity index (χ0) is 14.9. The first kappa shape index (κ1) is 14.1. The molecule has 1 N–H and O–H groups in total. The summed E-state index contributed by atoms with van der Waals surface area (Å²) in [6, 6.07) is 7.16. The first-order chi connectivity index (χ1) is 9.45. The molecule has 0 saturated heterocycles. The maximum Gasteiger partial charge on any atom is 0.354 e. The molecule has 0 aliphatic heterocycles. The molecule has 0 spiro atoms. The van der Waals surface area contributed by atoms with Crippen LogP contribution in [0.1, 0.15) is 41.5 Å². The second kappa shape index (κ2) is 5.36. The number of carboxylic acid groups (broad SMARTS) is 1. The number of benzene rings is 1. The van der Waals surface area contributed by atoms with Gasteiger partial charge in [0.15, 0.2) is 5.69 Å². The maximum absolute atomic E-state index is 11.5. The minimum Gasteiger partial charge on any atom is -0.497 e. The van der Waals surface area contributed by atoms with E-state index in [1.807, 2.05) is 13.8 Å². The van der Waals surface area contributed by atoms with Crippen molar-refractivity contribution in [2.24, 2.45) is 0 Å². The molecule has 0 aliphatic carbocycles. The molecule has 5 heteroatoms. The van der Waals surface area contributed by atoms with Crippen LogP contribution >= 0.6 is 0 Å². The lowest BCUT2D eigenvalue weighted by atomic mass is 10.1. The zero-order valence-electron chi connectivity index (χ0n) is 12.0. The van der Waals surface area contributed by atoms with E-state index in [9.17, 15) is 9.90 Å². The lowest BCUT2D eigenvalue weighted by molar-refractivity contribution is 0.0686. The van der Waals surface area contributed by atoms with Crippen molar-refractivity contribution < 1.29 is 14.6 Å². The Balaban J connectivity index is 2.59. The average Bonchev–Trinajstić information content (AvgIpc) is 2.76. The van der Waals surface area contributed by atoms with Crippen LogP contribution in [0.5, 0.6) is 5.75 Å². The van der Waals surface area contributed by atoms with Crippen LogP contribution in [0, 0.1) is 6.92 Å². The van der Waals surface area contributed by atoms with E-state index >= 15 is 0 Å². The van der Waals surface area contributed by atoms with Crippen molar-refractivity contribution in [2.45, 2.75) is 26.7 Å². The summed E-state index contributed by atoms with van der Waals surface area (Å²) in [5, 5.41) is 13.9.